The van der Waals surface area contributed by atoms with Gasteiger partial charge in [0.15, 0.2) is 0 Å². The highest BCUT2D eigenvalue weighted by atomic mass is 79.9. The lowest BCUT2D eigenvalue weighted by molar-refractivity contribution is -0.136. The van der Waals surface area contributed by atoms with E-state index in [0.717, 1.165) is 15.6 Å². The quantitative estimate of drug-likeness (QED) is 0.334. The van der Waals surface area contributed by atoms with Gasteiger partial charge in [-0.25, -0.2) is 13.2 Å². The number of hydrogen-bond donors (Lipinski definition) is 0. The fraction of sp³-hybridized carbons (Fsp3) is 0.190. The van der Waals surface area contributed by atoms with Crippen LogP contribution in [0.3, 0.4) is 0 Å². The van der Waals surface area contributed by atoms with E-state index in [2.05, 4.69) is 22.5 Å². The third kappa shape index (κ3) is 5.41. The number of ether oxygens (including phenoxy) is 1. The Morgan fingerprint density at radius 2 is 1.82 bits per heavy atom. The molecule has 2 aromatic rings. The molecule has 7 heteroatoms. The van der Waals surface area contributed by atoms with Gasteiger partial charge in [-0.05, 0) is 36.8 Å². The number of carbonyl (C=O) groups excluding carboxylic acids is 1. The van der Waals surface area contributed by atoms with Crippen molar-refractivity contribution in [2.75, 3.05) is 20.2 Å². The number of nitrogens with zero attached hydrogens (tertiary/aromatic N) is 1. The van der Waals surface area contributed by atoms with Crippen LogP contribution < -0.4 is 0 Å². The Bertz CT molecular complexity index is 982. The molecular formula is C21H22BrNO4S. The van der Waals surface area contributed by atoms with Crippen LogP contribution in [0.4, 0.5) is 0 Å². The molecule has 0 heterocycles. The van der Waals surface area contributed by atoms with Gasteiger partial charge in [-0.1, -0.05) is 57.9 Å². The summed E-state index contributed by atoms with van der Waals surface area (Å²) in [5, 5.41) is 0. The van der Waals surface area contributed by atoms with Gasteiger partial charge >= 0.3 is 5.97 Å². The Hall–Kier alpha value is -2.22. The summed E-state index contributed by atoms with van der Waals surface area (Å²) >= 11 is 3.43. The number of esters is 1. The maximum atomic E-state index is 13.1. The highest BCUT2D eigenvalue weighted by Gasteiger charge is 2.26. The summed E-state index contributed by atoms with van der Waals surface area (Å²) in [4.78, 5) is 12.5. The molecule has 0 saturated carbocycles. The van der Waals surface area contributed by atoms with Crippen molar-refractivity contribution in [1.82, 2.24) is 4.31 Å². The summed E-state index contributed by atoms with van der Waals surface area (Å²) in [5.74, 6) is -0.594. The highest BCUT2D eigenvalue weighted by molar-refractivity contribution is 9.10. The van der Waals surface area contributed by atoms with Crippen molar-refractivity contribution >= 4 is 38.0 Å². The largest absolute Gasteiger partial charge is 0.466 e. The smallest absolute Gasteiger partial charge is 0.335 e. The molecule has 0 radical (unpaired) electrons. The van der Waals surface area contributed by atoms with Crippen LogP contribution in [0.25, 0.3) is 6.08 Å². The van der Waals surface area contributed by atoms with E-state index in [0.29, 0.717) is 0 Å². The third-order valence-electron chi connectivity index (χ3n) is 4.02. The SMILES string of the molecule is C=CCN(C/C(=C\c1ccccc1Br)C(=O)OC)S(=O)(=O)c1ccc(C)cc1. The van der Waals surface area contributed by atoms with Gasteiger partial charge in [0, 0.05) is 17.6 Å². The molecule has 2 rings (SSSR count). The number of rotatable bonds is 8. The van der Waals surface area contributed by atoms with Gasteiger partial charge in [0.25, 0.3) is 0 Å². The summed E-state index contributed by atoms with van der Waals surface area (Å²) in [6, 6.07) is 13.9. The number of aryl methyl sites for hydroxylation is 1. The molecule has 0 aromatic heterocycles. The van der Waals surface area contributed by atoms with Gasteiger partial charge in [0.2, 0.25) is 10.0 Å². The van der Waals surface area contributed by atoms with Crippen molar-refractivity contribution in [3.63, 3.8) is 0 Å². The summed E-state index contributed by atoms with van der Waals surface area (Å²) in [6.45, 7) is 5.44. The lowest BCUT2D eigenvalue weighted by Crippen LogP contribution is -2.34. The average molecular weight is 464 g/mol. The normalized spacial score (nSPS) is 12.1. The van der Waals surface area contributed by atoms with Crippen molar-refractivity contribution in [2.45, 2.75) is 11.8 Å². The van der Waals surface area contributed by atoms with Crippen molar-refractivity contribution in [2.24, 2.45) is 0 Å². The second-order valence-electron chi connectivity index (χ2n) is 6.08. The molecule has 0 unspecified atom stereocenters. The zero-order chi connectivity index (χ0) is 20.7. The van der Waals surface area contributed by atoms with Gasteiger partial charge in [-0.2, -0.15) is 4.31 Å². The first-order chi connectivity index (χ1) is 13.3. The number of carbonyl (C=O) groups is 1. The molecule has 0 aliphatic rings. The Morgan fingerprint density at radius 3 is 2.39 bits per heavy atom. The number of methoxy groups -OCH3 is 1. The molecule has 0 N–H and O–H groups in total. The van der Waals surface area contributed by atoms with Crippen LogP contribution in [0, 0.1) is 6.92 Å². The molecule has 0 aliphatic carbocycles. The van der Waals surface area contributed by atoms with Gasteiger partial charge in [0.05, 0.1) is 17.6 Å². The Morgan fingerprint density at radius 1 is 1.18 bits per heavy atom. The number of halogens is 1. The fourth-order valence-corrected chi connectivity index (χ4v) is 4.31. The van der Waals surface area contributed by atoms with E-state index >= 15 is 0 Å². The third-order valence-corrected chi connectivity index (χ3v) is 6.57. The minimum Gasteiger partial charge on any atom is -0.466 e. The molecule has 28 heavy (non-hydrogen) atoms. The van der Waals surface area contributed by atoms with E-state index in [1.807, 2.05) is 31.2 Å². The molecule has 5 nitrogen and oxygen atoms in total. The Balaban J connectivity index is 2.45. The summed E-state index contributed by atoms with van der Waals surface area (Å²) in [7, 11) is -2.55. The Kier molecular flexibility index (Phi) is 7.74. The van der Waals surface area contributed by atoms with Crippen molar-refractivity contribution in [3.05, 3.63) is 82.4 Å². The summed E-state index contributed by atoms with van der Waals surface area (Å²) in [6.07, 6.45) is 3.11. The predicted molar refractivity (Wildman–Crippen MR) is 114 cm³/mol. The zero-order valence-electron chi connectivity index (χ0n) is 15.8. The molecule has 0 spiro atoms. The van der Waals surface area contributed by atoms with Crippen LogP contribution >= 0.6 is 15.9 Å². The predicted octanol–water partition coefficient (Wildman–Crippen LogP) is 4.19. The van der Waals surface area contributed by atoms with Crippen molar-refractivity contribution < 1.29 is 17.9 Å². The molecule has 2 aromatic carbocycles. The first-order valence-corrected chi connectivity index (χ1v) is 10.7. The van der Waals surface area contributed by atoms with Crippen LogP contribution in [-0.4, -0.2) is 38.9 Å². The fourth-order valence-electron chi connectivity index (χ4n) is 2.52. The van der Waals surface area contributed by atoms with E-state index < -0.39 is 16.0 Å². The number of hydrogen-bond acceptors (Lipinski definition) is 4. The maximum Gasteiger partial charge on any atom is 0.335 e. The number of benzene rings is 2. The minimum absolute atomic E-state index is 0.0561. The van der Waals surface area contributed by atoms with Gasteiger partial charge in [-0.15, -0.1) is 6.58 Å². The maximum absolute atomic E-state index is 13.1. The first kappa shape index (κ1) is 22.1. The standard InChI is InChI=1S/C21H22BrNO4S/c1-4-13-23(28(25,26)19-11-9-16(2)10-12-19)15-18(21(24)27-3)14-17-7-5-6-8-20(17)22/h4-12,14H,1,13,15H2,2-3H3/b18-14+. The molecule has 0 aliphatic heterocycles. The summed E-state index contributed by atoms with van der Waals surface area (Å²) < 4.78 is 33.0. The molecular weight excluding hydrogens is 442 g/mol. The van der Waals surface area contributed by atoms with Crippen LogP contribution in [0.5, 0.6) is 0 Å². The van der Waals surface area contributed by atoms with E-state index in [-0.39, 0.29) is 23.6 Å². The molecule has 0 saturated heterocycles. The first-order valence-electron chi connectivity index (χ1n) is 8.50. The van der Waals surface area contributed by atoms with Crippen LogP contribution in [0.1, 0.15) is 11.1 Å². The topological polar surface area (TPSA) is 63.7 Å². The van der Waals surface area contributed by atoms with Crippen LogP contribution in [0.15, 0.2) is 76.1 Å². The lowest BCUT2D eigenvalue weighted by atomic mass is 10.1. The molecule has 0 fully saturated rings. The van der Waals surface area contributed by atoms with E-state index in [4.69, 9.17) is 4.74 Å². The summed E-state index contributed by atoms with van der Waals surface area (Å²) in [5.41, 5.74) is 1.92. The molecule has 0 atom stereocenters. The molecule has 0 bridgehead atoms. The van der Waals surface area contributed by atoms with E-state index in [1.54, 1.807) is 30.3 Å². The molecule has 148 valence electrons. The van der Waals surface area contributed by atoms with Gasteiger partial charge < -0.3 is 4.74 Å². The zero-order valence-corrected chi connectivity index (χ0v) is 18.2. The van der Waals surface area contributed by atoms with Crippen molar-refractivity contribution in [3.8, 4) is 0 Å². The minimum atomic E-state index is -3.82. The lowest BCUT2D eigenvalue weighted by Gasteiger charge is -2.22. The molecule has 0 amide bonds. The highest BCUT2D eigenvalue weighted by Crippen LogP contribution is 2.22. The van der Waals surface area contributed by atoms with Crippen LogP contribution in [0.2, 0.25) is 0 Å². The second-order valence-corrected chi connectivity index (χ2v) is 8.87. The van der Waals surface area contributed by atoms with Gasteiger partial charge in [-0.3, -0.25) is 0 Å². The monoisotopic (exact) mass is 463 g/mol. The van der Waals surface area contributed by atoms with Gasteiger partial charge in [0.1, 0.15) is 0 Å². The van der Waals surface area contributed by atoms with Crippen LogP contribution in [-0.2, 0) is 19.6 Å². The number of sulfonamides is 1. The van der Waals surface area contributed by atoms with Crippen molar-refractivity contribution in [1.29, 1.82) is 0 Å². The average Bonchev–Trinajstić information content (AvgIpc) is 2.68. The Labute approximate surface area is 174 Å². The van der Waals surface area contributed by atoms with E-state index in [1.165, 1.54) is 17.5 Å². The van der Waals surface area contributed by atoms with E-state index in [9.17, 15) is 13.2 Å². The second kappa shape index (κ2) is 9.82.